The molecule has 0 fully saturated rings. The van der Waals surface area contributed by atoms with Crippen LogP contribution in [0.1, 0.15) is 16.7 Å². The van der Waals surface area contributed by atoms with Crippen LogP contribution >= 0.6 is 15.9 Å². The largest absolute Gasteiger partial charge is 0.0622 e. The van der Waals surface area contributed by atoms with Gasteiger partial charge in [-0.1, -0.05) is 155 Å². The first-order chi connectivity index (χ1) is 20.7. The Balaban J connectivity index is 1.44. The maximum absolute atomic E-state index is 3.91. The second-order valence-electron chi connectivity index (χ2n) is 10.7. The minimum atomic E-state index is 1.11. The molecule has 0 nitrogen and oxygen atoms in total. The quantitative estimate of drug-likeness (QED) is 0.136. The molecule has 42 heavy (non-hydrogen) atoms. The normalized spacial score (nSPS) is 11.5. The first-order valence-corrected chi connectivity index (χ1v) is 15.1. The summed E-state index contributed by atoms with van der Waals surface area (Å²) in [5.74, 6) is 0. The zero-order valence-electron chi connectivity index (χ0n) is 23.4. The van der Waals surface area contributed by atoms with Crippen LogP contribution in [0.25, 0.3) is 67.1 Å². The molecule has 0 saturated carbocycles. The average Bonchev–Trinajstić information content (AvgIpc) is 3.05. The van der Waals surface area contributed by atoms with Crippen molar-refractivity contribution in [1.29, 1.82) is 0 Å². The fraction of sp³-hybridized carbons (Fsp3) is 0.0244. The maximum Gasteiger partial charge on any atom is 0.0260 e. The van der Waals surface area contributed by atoms with Gasteiger partial charge in [0.1, 0.15) is 0 Å². The van der Waals surface area contributed by atoms with E-state index in [0.717, 1.165) is 4.47 Å². The van der Waals surface area contributed by atoms with Gasteiger partial charge in [0.05, 0.1) is 0 Å². The highest BCUT2D eigenvalue weighted by atomic mass is 79.9. The Hall–Kier alpha value is -4.72. The van der Waals surface area contributed by atoms with Crippen LogP contribution in [0.3, 0.4) is 0 Å². The lowest BCUT2D eigenvalue weighted by molar-refractivity contribution is 1.44. The highest BCUT2D eigenvalue weighted by Crippen LogP contribution is 2.41. The Kier molecular flexibility index (Phi) is 7.03. The van der Waals surface area contributed by atoms with E-state index in [0.29, 0.717) is 0 Å². The number of benzene rings is 7. The average molecular weight is 602 g/mol. The summed E-state index contributed by atoms with van der Waals surface area (Å²) in [6.45, 7) is 2.18. The predicted octanol–water partition coefficient (Wildman–Crippen LogP) is 12.2. The van der Waals surface area contributed by atoms with Crippen molar-refractivity contribution in [3.8, 4) is 33.4 Å². The molecule has 0 atom stereocenters. The van der Waals surface area contributed by atoms with Crippen molar-refractivity contribution in [1.82, 2.24) is 0 Å². The van der Waals surface area contributed by atoms with Gasteiger partial charge < -0.3 is 0 Å². The van der Waals surface area contributed by atoms with Crippen LogP contribution in [0.2, 0.25) is 0 Å². The number of rotatable bonds is 5. The fourth-order valence-electron chi connectivity index (χ4n) is 5.88. The Morgan fingerprint density at radius 2 is 1.02 bits per heavy atom. The number of aryl methyl sites for hydroxylation is 1. The van der Waals surface area contributed by atoms with E-state index in [9.17, 15) is 0 Å². The Morgan fingerprint density at radius 1 is 0.429 bits per heavy atom. The molecule has 0 aliphatic heterocycles. The van der Waals surface area contributed by atoms with Crippen LogP contribution in [-0.2, 0) is 0 Å². The van der Waals surface area contributed by atoms with Gasteiger partial charge in [-0.25, -0.2) is 0 Å². The van der Waals surface area contributed by atoms with E-state index in [1.54, 1.807) is 0 Å². The summed E-state index contributed by atoms with van der Waals surface area (Å²) >= 11 is 3.91. The van der Waals surface area contributed by atoms with Gasteiger partial charge in [-0.05, 0) is 96.7 Å². The molecule has 0 radical (unpaired) electrons. The van der Waals surface area contributed by atoms with Crippen LogP contribution in [0.5, 0.6) is 0 Å². The fourth-order valence-corrected chi connectivity index (χ4v) is 6.47. The van der Waals surface area contributed by atoms with Crippen molar-refractivity contribution in [2.24, 2.45) is 0 Å². The first-order valence-electron chi connectivity index (χ1n) is 14.3. The molecule has 0 heterocycles. The summed E-state index contributed by atoms with van der Waals surface area (Å²) in [6.07, 6.45) is 4.54. The van der Waals surface area contributed by atoms with Crippen molar-refractivity contribution in [3.63, 3.8) is 0 Å². The molecule has 200 valence electrons. The molecule has 0 spiro atoms. The maximum atomic E-state index is 3.91. The number of hydrogen-bond donors (Lipinski definition) is 0. The van der Waals surface area contributed by atoms with E-state index in [2.05, 4.69) is 181 Å². The van der Waals surface area contributed by atoms with Gasteiger partial charge in [0.15, 0.2) is 0 Å². The molecule has 0 aliphatic carbocycles. The van der Waals surface area contributed by atoms with Gasteiger partial charge in [-0.3, -0.25) is 0 Å². The SMILES string of the molecule is Cc1ccc(-c2ccccc2)cc1C=Cc1ccc(-c2ccccc2)c2c1ccc1c(Br)cc(-c3ccccc3)cc12. The van der Waals surface area contributed by atoms with Gasteiger partial charge in [0, 0.05) is 4.47 Å². The lowest BCUT2D eigenvalue weighted by Gasteiger charge is -2.15. The summed E-state index contributed by atoms with van der Waals surface area (Å²) in [6, 6.07) is 52.3. The van der Waals surface area contributed by atoms with Gasteiger partial charge in [-0.15, -0.1) is 0 Å². The second kappa shape index (κ2) is 11.3. The Labute approximate surface area is 255 Å². The molecule has 0 unspecified atom stereocenters. The smallest absolute Gasteiger partial charge is 0.0260 e. The molecule has 0 aliphatic rings. The van der Waals surface area contributed by atoms with Crippen LogP contribution in [0.15, 0.2) is 150 Å². The van der Waals surface area contributed by atoms with Gasteiger partial charge in [-0.2, -0.15) is 0 Å². The van der Waals surface area contributed by atoms with E-state index in [1.807, 2.05) is 0 Å². The van der Waals surface area contributed by atoms with Crippen LogP contribution in [0.4, 0.5) is 0 Å². The minimum absolute atomic E-state index is 1.11. The van der Waals surface area contributed by atoms with Crippen LogP contribution in [0, 0.1) is 6.92 Å². The number of fused-ring (bicyclic) bond motifs is 3. The van der Waals surface area contributed by atoms with E-state index in [1.165, 1.54) is 71.6 Å². The molecular formula is C41H29Br. The van der Waals surface area contributed by atoms with Crippen molar-refractivity contribution >= 4 is 49.6 Å². The molecule has 1 heteroatoms. The monoisotopic (exact) mass is 600 g/mol. The third-order valence-electron chi connectivity index (χ3n) is 8.12. The molecule has 7 aromatic rings. The Bertz CT molecular complexity index is 2070. The molecule has 0 amide bonds. The lowest BCUT2D eigenvalue weighted by atomic mass is 9.89. The second-order valence-corrected chi connectivity index (χ2v) is 11.6. The summed E-state index contributed by atoms with van der Waals surface area (Å²) < 4.78 is 1.11. The highest BCUT2D eigenvalue weighted by Gasteiger charge is 2.14. The van der Waals surface area contributed by atoms with Crippen LogP contribution < -0.4 is 0 Å². The zero-order valence-corrected chi connectivity index (χ0v) is 25.0. The van der Waals surface area contributed by atoms with E-state index in [-0.39, 0.29) is 0 Å². The van der Waals surface area contributed by atoms with Crippen molar-refractivity contribution in [2.75, 3.05) is 0 Å². The molecule has 0 saturated heterocycles. The Morgan fingerprint density at radius 3 is 1.71 bits per heavy atom. The van der Waals surface area contributed by atoms with Crippen molar-refractivity contribution < 1.29 is 0 Å². The van der Waals surface area contributed by atoms with Gasteiger partial charge in [0.2, 0.25) is 0 Å². The molecule has 7 aromatic carbocycles. The van der Waals surface area contributed by atoms with Crippen LogP contribution in [-0.4, -0.2) is 0 Å². The van der Waals surface area contributed by atoms with Crippen molar-refractivity contribution in [2.45, 2.75) is 6.92 Å². The van der Waals surface area contributed by atoms with Gasteiger partial charge in [0.25, 0.3) is 0 Å². The summed E-state index contributed by atoms with van der Waals surface area (Å²) in [5.41, 5.74) is 11.0. The first kappa shape index (κ1) is 26.2. The van der Waals surface area contributed by atoms with E-state index < -0.39 is 0 Å². The third-order valence-corrected chi connectivity index (χ3v) is 8.77. The number of halogens is 1. The minimum Gasteiger partial charge on any atom is -0.0622 e. The lowest BCUT2D eigenvalue weighted by Crippen LogP contribution is -1.89. The zero-order chi connectivity index (χ0) is 28.5. The summed E-state index contributed by atoms with van der Waals surface area (Å²) in [7, 11) is 0. The molecule has 0 bridgehead atoms. The molecule has 0 aromatic heterocycles. The molecule has 7 rings (SSSR count). The third kappa shape index (κ3) is 4.98. The molecule has 0 N–H and O–H groups in total. The van der Waals surface area contributed by atoms with E-state index >= 15 is 0 Å². The summed E-state index contributed by atoms with van der Waals surface area (Å²) in [5, 5.41) is 4.98. The van der Waals surface area contributed by atoms with Gasteiger partial charge >= 0.3 is 0 Å². The highest BCUT2D eigenvalue weighted by molar-refractivity contribution is 9.10. The molecular weight excluding hydrogens is 572 g/mol. The standard InChI is InChI=1S/C41H29Br/c1-28-17-18-34(29-11-5-2-6-12-29)25-33(28)20-19-32-21-22-36(31-15-9-4-10-16-31)41-37(32)23-24-38-39(41)26-35(27-40(38)42)30-13-7-3-8-14-30/h2-27H,1H3. The van der Waals surface area contributed by atoms with E-state index in [4.69, 9.17) is 0 Å². The topological polar surface area (TPSA) is 0 Å². The number of hydrogen-bond acceptors (Lipinski definition) is 0. The predicted molar refractivity (Wildman–Crippen MR) is 186 cm³/mol. The summed E-state index contributed by atoms with van der Waals surface area (Å²) in [4.78, 5) is 0. The van der Waals surface area contributed by atoms with Crippen molar-refractivity contribution in [3.05, 3.63) is 167 Å².